The summed E-state index contributed by atoms with van der Waals surface area (Å²) < 4.78 is 41.8. The van der Waals surface area contributed by atoms with E-state index in [0.29, 0.717) is 29.4 Å². The lowest BCUT2D eigenvalue weighted by Gasteiger charge is -2.13. The maximum Gasteiger partial charge on any atom is 0.231 e. The number of fused-ring (bicyclic) bond motifs is 1. The van der Waals surface area contributed by atoms with E-state index in [-0.39, 0.29) is 19.9 Å². The van der Waals surface area contributed by atoms with Crippen molar-refractivity contribution >= 4 is 0 Å². The third-order valence-corrected chi connectivity index (χ3v) is 3.48. The Labute approximate surface area is 137 Å². The first kappa shape index (κ1) is 16.5. The fourth-order valence-electron chi connectivity index (χ4n) is 2.25. The van der Waals surface area contributed by atoms with Crippen molar-refractivity contribution in [1.29, 1.82) is 0 Å². The van der Waals surface area contributed by atoms with Crippen molar-refractivity contribution < 1.29 is 28.1 Å². The number of halogens is 2. The molecule has 7 heteroatoms. The van der Waals surface area contributed by atoms with Gasteiger partial charge in [0.25, 0.3) is 0 Å². The molecule has 0 saturated carbocycles. The van der Waals surface area contributed by atoms with Crippen molar-refractivity contribution in [1.82, 2.24) is 5.32 Å². The number of aliphatic hydroxyl groups excluding tert-OH is 1. The average Bonchev–Trinajstić information content (AvgIpc) is 3.04. The predicted octanol–water partition coefficient (Wildman–Crippen LogP) is 2.22. The van der Waals surface area contributed by atoms with Gasteiger partial charge < -0.3 is 24.6 Å². The minimum absolute atomic E-state index is 0.0877. The smallest absolute Gasteiger partial charge is 0.231 e. The van der Waals surface area contributed by atoms with Gasteiger partial charge in [-0.3, -0.25) is 0 Å². The molecule has 2 aromatic rings. The molecule has 2 N–H and O–H groups in total. The van der Waals surface area contributed by atoms with Crippen LogP contribution >= 0.6 is 0 Å². The Kier molecular flexibility index (Phi) is 5.12. The van der Waals surface area contributed by atoms with Crippen LogP contribution in [0.2, 0.25) is 0 Å². The van der Waals surface area contributed by atoms with E-state index < -0.39 is 17.7 Å². The van der Waals surface area contributed by atoms with Crippen LogP contribution < -0.4 is 19.5 Å². The van der Waals surface area contributed by atoms with Crippen molar-refractivity contribution in [3.8, 4) is 17.2 Å². The molecule has 3 rings (SSSR count). The van der Waals surface area contributed by atoms with Crippen LogP contribution in [0.3, 0.4) is 0 Å². The van der Waals surface area contributed by atoms with Gasteiger partial charge in [-0.15, -0.1) is 0 Å². The second-order valence-corrected chi connectivity index (χ2v) is 5.36. The highest BCUT2D eigenvalue weighted by Gasteiger charge is 2.14. The lowest BCUT2D eigenvalue weighted by atomic mass is 10.2. The van der Waals surface area contributed by atoms with Crippen LogP contribution in [0.25, 0.3) is 0 Å². The molecule has 0 saturated heterocycles. The van der Waals surface area contributed by atoms with E-state index in [1.165, 1.54) is 6.07 Å². The van der Waals surface area contributed by atoms with Gasteiger partial charge in [0.1, 0.15) is 18.5 Å². The van der Waals surface area contributed by atoms with E-state index >= 15 is 0 Å². The molecule has 0 amide bonds. The molecule has 0 fully saturated rings. The maximum absolute atomic E-state index is 13.1. The monoisotopic (exact) mass is 337 g/mol. The minimum Gasteiger partial charge on any atom is -0.491 e. The molecule has 1 unspecified atom stereocenters. The minimum atomic E-state index is -0.888. The molecule has 0 aliphatic carbocycles. The van der Waals surface area contributed by atoms with Gasteiger partial charge in [0.05, 0.1) is 0 Å². The summed E-state index contributed by atoms with van der Waals surface area (Å²) in [5, 5.41) is 12.9. The van der Waals surface area contributed by atoms with Crippen LogP contribution in [-0.2, 0) is 6.54 Å². The molecule has 128 valence electrons. The highest BCUT2D eigenvalue weighted by atomic mass is 19.2. The molecule has 0 aromatic heterocycles. The zero-order valence-electron chi connectivity index (χ0n) is 12.8. The number of nitrogens with one attached hydrogen (secondary N) is 1. The van der Waals surface area contributed by atoms with Crippen molar-refractivity contribution in [3.63, 3.8) is 0 Å². The number of hydrogen-bond acceptors (Lipinski definition) is 5. The van der Waals surface area contributed by atoms with E-state index in [4.69, 9.17) is 14.2 Å². The molecule has 2 aromatic carbocycles. The van der Waals surface area contributed by atoms with Crippen molar-refractivity contribution in [2.24, 2.45) is 0 Å². The molecule has 0 bridgehead atoms. The van der Waals surface area contributed by atoms with E-state index in [9.17, 15) is 13.9 Å². The molecule has 24 heavy (non-hydrogen) atoms. The number of rotatable bonds is 7. The van der Waals surface area contributed by atoms with Gasteiger partial charge in [0.15, 0.2) is 23.1 Å². The van der Waals surface area contributed by atoms with Gasteiger partial charge in [-0.1, -0.05) is 6.07 Å². The van der Waals surface area contributed by atoms with E-state index in [1.807, 2.05) is 0 Å². The second-order valence-electron chi connectivity index (χ2n) is 5.36. The topological polar surface area (TPSA) is 60.0 Å². The summed E-state index contributed by atoms with van der Waals surface area (Å²) in [6.07, 6.45) is -0.749. The van der Waals surface area contributed by atoms with Crippen molar-refractivity contribution in [3.05, 3.63) is 53.6 Å². The summed E-state index contributed by atoms with van der Waals surface area (Å²) in [6, 6.07) is 8.86. The lowest BCUT2D eigenvalue weighted by molar-refractivity contribution is 0.106. The largest absolute Gasteiger partial charge is 0.491 e. The summed E-state index contributed by atoms with van der Waals surface area (Å²) in [6.45, 7) is 0.849. The van der Waals surface area contributed by atoms with Crippen LogP contribution in [0, 0.1) is 11.6 Å². The number of benzene rings is 2. The number of hydrogen-bond donors (Lipinski definition) is 2. The summed E-state index contributed by atoms with van der Waals surface area (Å²) in [4.78, 5) is 0. The Hall–Kier alpha value is -2.38. The highest BCUT2D eigenvalue weighted by Crippen LogP contribution is 2.35. The van der Waals surface area contributed by atoms with Crippen LogP contribution in [0.1, 0.15) is 5.56 Å². The first-order valence-corrected chi connectivity index (χ1v) is 7.47. The highest BCUT2D eigenvalue weighted by molar-refractivity contribution is 5.46. The Bertz CT molecular complexity index is 711. The molecule has 5 nitrogen and oxygen atoms in total. The summed E-state index contributed by atoms with van der Waals surface area (Å²) in [5.41, 5.74) is 0.595. The fraction of sp³-hybridized carbons (Fsp3) is 0.294. The van der Waals surface area contributed by atoms with Crippen molar-refractivity contribution in [2.75, 3.05) is 19.9 Å². The molecule has 0 radical (unpaired) electrons. The summed E-state index contributed by atoms with van der Waals surface area (Å²) in [5.74, 6) is 0.0744. The third kappa shape index (κ3) is 4.12. The summed E-state index contributed by atoms with van der Waals surface area (Å²) in [7, 11) is 0. The lowest BCUT2D eigenvalue weighted by Crippen LogP contribution is -2.31. The van der Waals surface area contributed by atoms with Crippen LogP contribution in [-0.4, -0.2) is 31.2 Å². The Morgan fingerprint density at radius 2 is 1.92 bits per heavy atom. The normalized spacial score (nSPS) is 13.8. The molecular formula is C17H17F2NO4. The SMILES string of the molecule is OC(CNCc1ccc(F)c(F)c1)COc1ccc2c(c1)OCO2. The van der Waals surface area contributed by atoms with Gasteiger partial charge in [0.2, 0.25) is 6.79 Å². The number of aliphatic hydroxyl groups is 1. The Morgan fingerprint density at radius 1 is 1.08 bits per heavy atom. The van der Waals surface area contributed by atoms with Crippen molar-refractivity contribution in [2.45, 2.75) is 12.6 Å². The Balaban J connectivity index is 1.41. The van der Waals surface area contributed by atoms with Gasteiger partial charge in [-0.05, 0) is 29.8 Å². The summed E-state index contributed by atoms with van der Waals surface area (Å²) >= 11 is 0. The first-order valence-electron chi connectivity index (χ1n) is 7.47. The molecule has 0 spiro atoms. The molecular weight excluding hydrogens is 320 g/mol. The standard InChI is InChI=1S/C17H17F2NO4/c18-14-3-1-11(5-15(14)19)7-20-8-12(21)9-22-13-2-4-16-17(6-13)24-10-23-16/h1-6,12,20-21H,7-10H2. The van der Waals surface area contributed by atoms with E-state index in [2.05, 4.69) is 5.32 Å². The maximum atomic E-state index is 13.1. The average molecular weight is 337 g/mol. The van der Waals surface area contributed by atoms with Crippen LogP contribution in [0.5, 0.6) is 17.2 Å². The van der Waals surface area contributed by atoms with E-state index in [1.54, 1.807) is 18.2 Å². The zero-order valence-corrected chi connectivity index (χ0v) is 12.8. The predicted molar refractivity (Wildman–Crippen MR) is 82.1 cm³/mol. The molecule has 1 aliphatic heterocycles. The Morgan fingerprint density at radius 3 is 2.75 bits per heavy atom. The van der Waals surface area contributed by atoms with Crippen LogP contribution in [0.15, 0.2) is 36.4 Å². The second kappa shape index (κ2) is 7.46. The molecule has 1 heterocycles. The quantitative estimate of drug-likeness (QED) is 0.811. The molecule has 1 aliphatic rings. The third-order valence-electron chi connectivity index (χ3n) is 3.48. The number of ether oxygens (including phenoxy) is 3. The van der Waals surface area contributed by atoms with Gasteiger partial charge in [-0.25, -0.2) is 8.78 Å². The first-order chi connectivity index (χ1) is 11.6. The van der Waals surface area contributed by atoms with Crippen LogP contribution in [0.4, 0.5) is 8.78 Å². The van der Waals surface area contributed by atoms with Gasteiger partial charge >= 0.3 is 0 Å². The van der Waals surface area contributed by atoms with Gasteiger partial charge in [-0.2, -0.15) is 0 Å². The zero-order chi connectivity index (χ0) is 16.9. The fourth-order valence-corrected chi connectivity index (χ4v) is 2.25. The molecule has 1 atom stereocenters. The van der Waals surface area contributed by atoms with E-state index in [0.717, 1.165) is 12.1 Å². The van der Waals surface area contributed by atoms with Gasteiger partial charge in [0, 0.05) is 19.2 Å².